The highest BCUT2D eigenvalue weighted by Gasteiger charge is 2.32. The first-order valence-corrected chi connectivity index (χ1v) is 12.0. The summed E-state index contributed by atoms with van der Waals surface area (Å²) in [6.07, 6.45) is -2.03. The largest absolute Gasteiger partial charge is 0.508 e. The van der Waals surface area contributed by atoms with Gasteiger partial charge in [-0.2, -0.15) is 0 Å². The minimum absolute atomic E-state index is 0.00712. The summed E-state index contributed by atoms with van der Waals surface area (Å²) in [5.41, 5.74) is 12.0. The Morgan fingerprint density at radius 2 is 1.26 bits per heavy atom. The van der Waals surface area contributed by atoms with Gasteiger partial charge >= 0.3 is 5.97 Å². The molecule has 0 heterocycles. The Morgan fingerprint density at radius 3 is 1.79 bits per heavy atom. The van der Waals surface area contributed by atoms with Crippen molar-refractivity contribution in [2.45, 2.75) is 56.5 Å². The highest BCUT2D eigenvalue weighted by atomic mass is 16.4. The van der Waals surface area contributed by atoms with Gasteiger partial charge in [0, 0.05) is 12.8 Å². The Kier molecular flexibility index (Phi) is 11.4. The fourth-order valence-electron chi connectivity index (χ4n) is 3.57. The maximum absolute atomic E-state index is 13.2. The lowest BCUT2D eigenvalue weighted by molar-refractivity contribution is -0.142. The Hall–Kier alpha value is -4.49. The number of hydrogen-bond acceptors (Lipinski definition) is 8. The van der Waals surface area contributed by atoms with Crippen LogP contribution in [0.1, 0.15) is 24.5 Å². The number of aromatic hydroxyl groups is 1. The lowest BCUT2D eigenvalue weighted by Crippen LogP contribution is -2.59. The Bertz CT molecular complexity index is 1160. The third-order valence-electron chi connectivity index (χ3n) is 5.77. The second-order valence-corrected chi connectivity index (χ2v) is 9.02. The zero-order chi connectivity index (χ0) is 29.1. The summed E-state index contributed by atoms with van der Waals surface area (Å²) in [6, 6.07) is 8.76. The number of nitrogens with two attached hydrogens (primary N) is 2. The van der Waals surface area contributed by atoms with Gasteiger partial charge in [0.15, 0.2) is 0 Å². The van der Waals surface area contributed by atoms with E-state index < -0.39 is 66.3 Å². The molecular weight excluding hydrogens is 510 g/mol. The fourth-order valence-corrected chi connectivity index (χ4v) is 3.57. The molecule has 210 valence electrons. The molecule has 2 rings (SSSR count). The van der Waals surface area contributed by atoms with E-state index in [1.165, 1.54) is 31.2 Å². The van der Waals surface area contributed by atoms with Crippen molar-refractivity contribution in [1.29, 1.82) is 0 Å². The summed E-state index contributed by atoms with van der Waals surface area (Å²) < 4.78 is 0. The summed E-state index contributed by atoms with van der Waals surface area (Å²) in [5.74, 6) is -4.95. The fraction of sp³-hybridized carbons (Fsp3) is 0.346. The van der Waals surface area contributed by atoms with E-state index in [-0.39, 0.29) is 18.6 Å². The predicted molar refractivity (Wildman–Crippen MR) is 139 cm³/mol. The van der Waals surface area contributed by atoms with Gasteiger partial charge in [0.05, 0.1) is 12.5 Å². The molecule has 0 aromatic heterocycles. The predicted octanol–water partition coefficient (Wildman–Crippen LogP) is -1.70. The number of carbonyl (C=O) groups excluding carboxylic acids is 4. The molecule has 0 fully saturated rings. The van der Waals surface area contributed by atoms with Crippen LogP contribution in [0.4, 0.5) is 0 Å². The van der Waals surface area contributed by atoms with E-state index >= 15 is 0 Å². The van der Waals surface area contributed by atoms with Crippen LogP contribution in [0.3, 0.4) is 0 Å². The molecule has 0 aliphatic heterocycles. The quantitative estimate of drug-likeness (QED) is 0.135. The number of phenols is 1. The smallest absolute Gasteiger partial charge is 0.326 e. The highest BCUT2D eigenvalue weighted by Crippen LogP contribution is 2.12. The summed E-state index contributed by atoms with van der Waals surface area (Å²) >= 11 is 0. The van der Waals surface area contributed by atoms with Crippen LogP contribution in [-0.2, 0) is 36.8 Å². The highest BCUT2D eigenvalue weighted by molar-refractivity contribution is 5.96. The summed E-state index contributed by atoms with van der Waals surface area (Å²) in [4.78, 5) is 62.1. The lowest BCUT2D eigenvalue weighted by Gasteiger charge is -2.25. The Balaban J connectivity index is 2.26. The molecule has 0 radical (unpaired) electrons. The molecule has 0 saturated heterocycles. The Morgan fingerprint density at radius 1 is 0.769 bits per heavy atom. The van der Waals surface area contributed by atoms with Gasteiger partial charge in [-0.15, -0.1) is 0 Å². The van der Waals surface area contributed by atoms with E-state index in [0.717, 1.165) is 0 Å². The molecule has 13 nitrogen and oxygen atoms in total. The second-order valence-electron chi connectivity index (χ2n) is 9.02. The van der Waals surface area contributed by atoms with Crippen LogP contribution in [0.15, 0.2) is 54.6 Å². The number of carbonyl (C=O) groups is 5. The number of hydrogen-bond donors (Lipinski definition) is 8. The van der Waals surface area contributed by atoms with Crippen molar-refractivity contribution in [2.75, 3.05) is 0 Å². The zero-order valence-corrected chi connectivity index (χ0v) is 21.2. The number of aliphatic hydroxyl groups excluding tert-OH is 1. The number of nitrogens with one attached hydrogen (secondary N) is 3. The van der Waals surface area contributed by atoms with Crippen molar-refractivity contribution in [1.82, 2.24) is 16.0 Å². The van der Waals surface area contributed by atoms with Gasteiger partial charge in [-0.1, -0.05) is 42.5 Å². The summed E-state index contributed by atoms with van der Waals surface area (Å²) in [7, 11) is 0. The molecule has 2 aromatic rings. The van der Waals surface area contributed by atoms with Gasteiger partial charge in [0.25, 0.3) is 0 Å². The molecule has 0 aliphatic rings. The number of phenolic OH excluding ortho intramolecular Hbond substituents is 1. The van der Waals surface area contributed by atoms with Crippen molar-refractivity contribution in [2.24, 2.45) is 11.5 Å². The van der Waals surface area contributed by atoms with E-state index in [1.807, 2.05) is 0 Å². The van der Waals surface area contributed by atoms with Crippen LogP contribution in [0.5, 0.6) is 5.75 Å². The molecule has 2 aromatic carbocycles. The molecule has 5 unspecified atom stereocenters. The SMILES string of the molecule is CC(O)C(N)C(=O)NC(CC(N)=O)C(=O)NC(Cc1ccccc1)C(=O)NC(Cc1ccc(O)cc1)C(=O)O. The number of rotatable bonds is 14. The summed E-state index contributed by atoms with van der Waals surface area (Å²) in [5, 5.41) is 35.8. The average Bonchev–Trinajstić information content (AvgIpc) is 2.88. The number of aliphatic hydroxyl groups is 1. The van der Waals surface area contributed by atoms with Crippen molar-refractivity contribution < 1.29 is 39.3 Å². The standard InChI is InChI=1S/C26H33N5O8/c1-14(32)22(28)25(37)30-19(13-21(27)34)24(36)29-18(11-15-5-3-2-4-6-15)23(35)31-20(26(38)39)12-16-7-9-17(33)10-8-16/h2-10,14,18-20,22,32-33H,11-13,28H2,1H3,(H2,27,34)(H,29,36)(H,30,37)(H,31,35)(H,38,39). The van der Waals surface area contributed by atoms with Crippen molar-refractivity contribution in [3.8, 4) is 5.75 Å². The van der Waals surface area contributed by atoms with Crippen molar-refractivity contribution in [3.63, 3.8) is 0 Å². The minimum atomic E-state index is -1.52. The molecule has 4 amide bonds. The van der Waals surface area contributed by atoms with Crippen LogP contribution in [0, 0.1) is 0 Å². The van der Waals surface area contributed by atoms with Crippen LogP contribution < -0.4 is 27.4 Å². The van der Waals surface area contributed by atoms with Gasteiger partial charge < -0.3 is 42.7 Å². The van der Waals surface area contributed by atoms with Gasteiger partial charge in [0.1, 0.15) is 29.9 Å². The third kappa shape index (κ3) is 10.1. The Labute approximate surface area is 224 Å². The maximum Gasteiger partial charge on any atom is 0.326 e. The van der Waals surface area contributed by atoms with Crippen LogP contribution in [-0.4, -0.2) is 75.2 Å². The molecule has 10 N–H and O–H groups in total. The number of carboxylic acids is 1. The number of aliphatic carboxylic acids is 1. The van der Waals surface area contributed by atoms with Gasteiger partial charge in [-0.25, -0.2) is 4.79 Å². The topological polar surface area (TPSA) is 234 Å². The monoisotopic (exact) mass is 543 g/mol. The number of carboxylic acid groups (broad SMARTS) is 1. The van der Waals surface area contributed by atoms with Crippen molar-refractivity contribution >= 4 is 29.6 Å². The summed E-state index contributed by atoms with van der Waals surface area (Å²) in [6.45, 7) is 1.27. The maximum atomic E-state index is 13.2. The van der Waals surface area contributed by atoms with Gasteiger partial charge in [-0.3, -0.25) is 19.2 Å². The van der Waals surface area contributed by atoms with Crippen molar-refractivity contribution in [3.05, 3.63) is 65.7 Å². The third-order valence-corrected chi connectivity index (χ3v) is 5.77. The first kappa shape index (κ1) is 30.7. The lowest BCUT2D eigenvalue weighted by atomic mass is 10.0. The molecule has 0 bridgehead atoms. The number of amides is 4. The number of primary amides is 1. The van der Waals surface area contributed by atoms with Crippen LogP contribution >= 0.6 is 0 Å². The van der Waals surface area contributed by atoms with Crippen LogP contribution in [0.25, 0.3) is 0 Å². The molecular formula is C26H33N5O8. The van der Waals surface area contributed by atoms with Crippen LogP contribution in [0.2, 0.25) is 0 Å². The minimum Gasteiger partial charge on any atom is -0.508 e. The molecule has 5 atom stereocenters. The zero-order valence-electron chi connectivity index (χ0n) is 21.2. The second kappa shape index (κ2) is 14.4. The molecule has 39 heavy (non-hydrogen) atoms. The van der Waals surface area contributed by atoms with E-state index in [9.17, 15) is 39.3 Å². The van der Waals surface area contributed by atoms with E-state index in [4.69, 9.17) is 11.5 Å². The molecule has 0 saturated carbocycles. The van der Waals surface area contributed by atoms with Gasteiger partial charge in [0.2, 0.25) is 23.6 Å². The molecule has 13 heteroatoms. The van der Waals surface area contributed by atoms with Gasteiger partial charge in [-0.05, 0) is 30.2 Å². The van der Waals surface area contributed by atoms with E-state index in [2.05, 4.69) is 16.0 Å². The number of benzene rings is 2. The van der Waals surface area contributed by atoms with E-state index in [1.54, 1.807) is 30.3 Å². The first-order chi connectivity index (χ1) is 18.4. The molecule has 0 aliphatic carbocycles. The normalized spacial score (nSPS) is 14.6. The average molecular weight is 544 g/mol. The molecule has 0 spiro atoms. The first-order valence-electron chi connectivity index (χ1n) is 12.0. The van der Waals surface area contributed by atoms with E-state index in [0.29, 0.717) is 11.1 Å².